The number of carbonyl (C=O) groups excluding carboxylic acids is 1. The van der Waals surface area contributed by atoms with Crippen LogP contribution in [0.25, 0.3) is 0 Å². The molecule has 1 saturated heterocycles. The maximum atomic E-state index is 12.5. The number of amides is 2. The van der Waals surface area contributed by atoms with Crippen LogP contribution in [0.4, 0.5) is 10.5 Å². The third-order valence-electron chi connectivity index (χ3n) is 3.75. The van der Waals surface area contributed by atoms with Gasteiger partial charge in [-0.1, -0.05) is 19.1 Å². The van der Waals surface area contributed by atoms with E-state index < -0.39 is 0 Å². The summed E-state index contributed by atoms with van der Waals surface area (Å²) in [4.78, 5) is 16.4. The van der Waals surface area contributed by atoms with E-state index >= 15 is 0 Å². The van der Waals surface area contributed by atoms with Crippen LogP contribution < -0.4 is 10.6 Å². The summed E-state index contributed by atoms with van der Waals surface area (Å²) in [7, 11) is 1.80. The standard InChI is InChI=1S/C15H21N3OS/c1-11-4-3-9-18(10-11)15(19)17(2)13-7-5-12(6-8-13)14(16)20/h5-8,11H,3-4,9-10H2,1-2H3,(H2,16,20). The van der Waals surface area contributed by atoms with Gasteiger partial charge in [-0.05, 0) is 43.0 Å². The van der Waals surface area contributed by atoms with Gasteiger partial charge in [-0.3, -0.25) is 4.90 Å². The molecule has 1 aromatic carbocycles. The topological polar surface area (TPSA) is 49.6 Å². The molecule has 0 radical (unpaired) electrons. The lowest BCUT2D eigenvalue weighted by atomic mass is 10.0. The average Bonchev–Trinajstić information content (AvgIpc) is 2.46. The molecule has 1 unspecified atom stereocenters. The van der Waals surface area contributed by atoms with Gasteiger partial charge >= 0.3 is 6.03 Å². The van der Waals surface area contributed by atoms with Gasteiger partial charge in [0.25, 0.3) is 0 Å². The summed E-state index contributed by atoms with van der Waals surface area (Å²) in [5.41, 5.74) is 7.25. The largest absolute Gasteiger partial charge is 0.389 e. The first-order chi connectivity index (χ1) is 9.49. The Morgan fingerprint density at radius 3 is 2.60 bits per heavy atom. The summed E-state index contributed by atoms with van der Waals surface area (Å²) in [5.74, 6) is 0.582. The van der Waals surface area contributed by atoms with E-state index in [0.29, 0.717) is 10.9 Å². The van der Waals surface area contributed by atoms with Crippen LogP contribution >= 0.6 is 12.2 Å². The first-order valence-corrected chi connectivity index (χ1v) is 7.32. The maximum Gasteiger partial charge on any atom is 0.324 e. The van der Waals surface area contributed by atoms with Crippen molar-refractivity contribution in [3.05, 3.63) is 29.8 Å². The van der Waals surface area contributed by atoms with Crippen molar-refractivity contribution in [1.29, 1.82) is 0 Å². The highest BCUT2D eigenvalue weighted by Crippen LogP contribution is 2.20. The third-order valence-corrected chi connectivity index (χ3v) is 3.99. The molecular formula is C15H21N3OS. The number of rotatable bonds is 2. The van der Waals surface area contributed by atoms with Gasteiger partial charge in [0.2, 0.25) is 0 Å². The molecule has 5 heteroatoms. The molecule has 20 heavy (non-hydrogen) atoms. The summed E-state index contributed by atoms with van der Waals surface area (Å²) in [5, 5.41) is 0. The van der Waals surface area contributed by atoms with Crippen molar-refractivity contribution in [3.63, 3.8) is 0 Å². The van der Waals surface area contributed by atoms with Crippen LogP contribution in [-0.4, -0.2) is 36.1 Å². The Bertz CT molecular complexity index is 500. The number of nitrogens with zero attached hydrogens (tertiary/aromatic N) is 2. The summed E-state index contributed by atoms with van der Waals surface area (Å²) >= 11 is 4.93. The molecule has 1 aliphatic heterocycles. The van der Waals surface area contributed by atoms with Crippen molar-refractivity contribution in [2.45, 2.75) is 19.8 Å². The normalized spacial score (nSPS) is 18.7. The van der Waals surface area contributed by atoms with Crippen molar-refractivity contribution in [3.8, 4) is 0 Å². The van der Waals surface area contributed by atoms with Gasteiger partial charge in [0, 0.05) is 31.4 Å². The Balaban J connectivity index is 2.07. The van der Waals surface area contributed by atoms with Crippen LogP contribution in [0.1, 0.15) is 25.3 Å². The van der Waals surface area contributed by atoms with E-state index in [1.54, 1.807) is 11.9 Å². The Morgan fingerprint density at radius 2 is 2.05 bits per heavy atom. The molecule has 0 spiro atoms. The number of thiocarbonyl (C=S) groups is 1. The fraction of sp³-hybridized carbons (Fsp3) is 0.467. The lowest BCUT2D eigenvalue weighted by molar-refractivity contribution is 0.177. The molecule has 0 bridgehead atoms. The van der Waals surface area contributed by atoms with Crippen LogP contribution in [0.5, 0.6) is 0 Å². The van der Waals surface area contributed by atoms with Crippen LogP contribution in [0.2, 0.25) is 0 Å². The van der Waals surface area contributed by atoms with Crippen LogP contribution in [0, 0.1) is 5.92 Å². The van der Waals surface area contributed by atoms with Crippen LogP contribution in [-0.2, 0) is 0 Å². The van der Waals surface area contributed by atoms with E-state index in [1.165, 1.54) is 6.42 Å². The van der Waals surface area contributed by atoms with E-state index in [-0.39, 0.29) is 6.03 Å². The Kier molecular flexibility index (Phi) is 4.60. The molecule has 0 aliphatic carbocycles. The van der Waals surface area contributed by atoms with Crippen molar-refractivity contribution >= 4 is 28.9 Å². The van der Waals surface area contributed by atoms with Crippen molar-refractivity contribution in [2.75, 3.05) is 25.0 Å². The zero-order valence-corrected chi connectivity index (χ0v) is 12.8. The molecule has 4 nitrogen and oxygen atoms in total. The van der Waals surface area contributed by atoms with Gasteiger partial charge in [0.05, 0.1) is 0 Å². The summed E-state index contributed by atoms with van der Waals surface area (Å²) in [6.07, 6.45) is 2.29. The second-order valence-electron chi connectivity index (χ2n) is 5.45. The molecule has 0 aromatic heterocycles. The van der Waals surface area contributed by atoms with Crippen molar-refractivity contribution in [2.24, 2.45) is 11.7 Å². The zero-order valence-electron chi connectivity index (χ0n) is 12.0. The molecule has 108 valence electrons. The first-order valence-electron chi connectivity index (χ1n) is 6.91. The fourth-order valence-corrected chi connectivity index (χ4v) is 2.67. The van der Waals surface area contributed by atoms with E-state index in [2.05, 4.69) is 6.92 Å². The minimum absolute atomic E-state index is 0.0552. The van der Waals surface area contributed by atoms with E-state index in [0.717, 1.165) is 30.8 Å². The Morgan fingerprint density at radius 1 is 1.40 bits per heavy atom. The number of nitrogens with two attached hydrogens (primary N) is 1. The predicted octanol–water partition coefficient (Wildman–Crippen LogP) is 2.61. The van der Waals surface area contributed by atoms with Gasteiger partial charge in [-0.15, -0.1) is 0 Å². The molecule has 0 saturated carbocycles. The SMILES string of the molecule is CC1CCCN(C(=O)N(C)c2ccc(C(N)=S)cc2)C1. The number of carbonyl (C=O) groups is 1. The number of anilines is 1. The highest BCUT2D eigenvalue weighted by molar-refractivity contribution is 7.80. The van der Waals surface area contributed by atoms with Gasteiger partial charge in [0.1, 0.15) is 4.99 Å². The minimum Gasteiger partial charge on any atom is -0.389 e. The molecule has 2 amide bonds. The molecule has 1 aromatic rings. The second-order valence-corrected chi connectivity index (χ2v) is 5.89. The highest BCUT2D eigenvalue weighted by atomic mass is 32.1. The molecule has 1 heterocycles. The molecule has 1 atom stereocenters. The molecule has 2 rings (SSSR count). The lowest BCUT2D eigenvalue weighted by Gasteiger charge is -2.34. The smallest absolute Gasteiger partial charge is 0.324 e. The fourth-order valence-electron chi connectivity index (χ4n) is 2.54. The summed E-state index contributed by atoms with van der Waals surface area (Å²) in [6.45, 7) is 3.88. The number of benzene rings is 1. The highest BCUT2D eigenvalue weighted by Gasteiger charge is 2.24. The van der Waals surface area contributed by atoms with Crippen LogP contribution in [0.15, 0.2) is 24.3 Å². The molecular weight excluding hydrogens is 270 g/mol. The van der Waals surface area contributed by atoms with Crippen molar-refractivity contribution < 1.29 is 4.79 Å². The first kappa shape index (κ1) is 14.8. The lowest BCUT2D eigenvalue weighted by Crippen LogP contribution is -2.45. The van der Waals surface area contributed by atoms with E-state index in [1.807, 2.05) is 29.2 Å². The predicted molar refractivity (Wildman–Crippen MR) is 86.1 cm³/mol. The third kappa shape index (κ3) is 3.28. The van der Waals surface area contributed by atoms with Gasteiger partial charge in [-0.25, -0.2) is 4.79 Å². The maximum absolute atomic E-state index is 12.5. The summed E-state index contributed by atoms with van der Waals surface area (Å²) < 4.78 is 0. The molecule has 1 aliphatic rings. The number of hydrogen-bond donors (Lipinski definition) is 1. The quantitative estimate of drug-likeness (QED) is 0.852. The summed E-state index contributed by atoms with van der Waals surface area (Å²) in [6, 6.07) is 7.50. The van der Waals surface area contributed by atoms with E-state index in [4.69, 9.17) is 18.0 Å². The Hall–Kier alpha value is -1.62. The van der Waals surface area contributed by atoms with Gasteiger partial charge < -0.3 is 10.6 Å². The van der Waals surface area contributed by atoms with Crippen molar-refractivity contribution in [1.82, 2.24) is 4.90 Å². The van der Waals surface area contributed by atoms with E-state index in [9.17, 15) is 4.79 Å². The number of piperidine rings is 1. The Labute approximate surface area is 125 Å². The number of hydrogen-bond acceptors (Lipinski definition) is 2. The molecule has 2 N–H and O–H groups in total. The number of likely N-dealkylation sites (tertiary alicyclic amines) is 1. The monoisotopic (exact) mass is 291 g/mol. The molecule has 1 fully saturated rings. The van der Waals surface area contributed by atoms with Gasteiger partial charge in [0.15, 0.2) is 0 Å². The van der Waals surface area contributed by atoms with Crippen LogP contribution in [0.3, 0.4) is 0 Å². The number of urea groups is 1. The zero-order chi connectivity index (χ0) is 14.7. The second kappa shape index (κ2) is 6.22. The van der Waals surface area contributed by atoms with Gasteiger partial charge in [-0.2, -0.15) is 0 Å². The minimum atomic E-state index is 0.0552. The average molecular weight is 291 g/mol.